The maximum absolute atomic E-state index is 13.2. The van der Waals surface area contributed by atoms with Crippen LogP contribution in [0.4, 0.5) is 5.69 Å². The number of carboxylic acids is 1. The number of rotatable bonds is 10. The summed E-state index contributed by atoms with van der Waals surface area (Å²) in [5, 5.41) is 15.1. The van der Waals surface area contributed by atoms with Crippen LogP contribution in [0.1, 0.15) is 33.5 Å². The lowest BCUT2D eigenvalue weighted by atomic mass is 9.94. The summed E-state index contributed by atoms with van der Waals surface area (Å²) >= 11 is 1.53. The molecule has 3 aromatic carbocycles. The highest BCUT2D eigenvalue weighted by atomic mass is 32.2. The number of carbonyl (C=O) groups excluding carboxylic acids is 2. The quantitative estimate of drug-likeness (QED) is 0.368. The Labute approximate surface area is 210 Å². The van der Waals surface area contributed by atoms with Crippen LogP contribution in [0.2, 0.25) is 0 Å². The molecule has 0 aliphatic heterocycles. The number of benzene rings is 3. The van der Waals surface area contributed by atoms with E-state index >= 15 is 0 Å². The van der Waals surface area contributed by atoms with Crippen molar-refractivity contribution in [3.8, 4) is 11.1 Å². The smallest absolute Gasteiger partial charge is 0.326 e. The third kappa shape index (κ3) is 7.20. The molecule has 0 radical (unpaired) electrons. The lowest BCUT2D eigenvalue weighted by Crippen LogP contribution is -2.41. The molecule has 6 nitrogen and oxygen atoms in total. The van der Waals surface area contributed by atoms with E-state index in [-0.39, 0.29) is 12.3 Å². The standard InChI is InChI=1S/C28H30N2O4S/c1-18-8-10-20(11-9-18)16-26(31)29-21-12-13-23(24(17-21)22-7-5-4-6-19(22)2)27(32)30-25(28(33)34)14-15-35-3/h4-13,17,25H,14-16H2,1-3H3,(H,29,31)(H,30,32)(H,33,34). The molecule has 35 heavy (non-hydrogen) atoms. The second-order valence-corrected chi connectivity index (χ2v) is 9.42. The monoisotopic (exact) mass is 490 g/mol. The summed E-state index contributed by atoms with van der Waals surface area (Å²) in [6, 6.07) is 19.5. The SMILES string of the molecule is CSCCC(NC(=O)c1ccc(NC(=O)Cc2ccc(C)cc2)cc1-c1ccccc1C)C(=O)O. The predicted molar refractivity (Wildman–Crippen MR) is 142 cm³/mol. The van der Waals surface area contributed by atoms with Crippen LogP contribution in [0.25, 0.3) is 11.1 Å². The van der Waals surface area contributed by atoms with Crippen LogP contribution >= 0.6 is 11.8 Å². The molecule has 0 saturated heterocycles. The summed E-state index contributed by atoms with van der Waals surface area (Å²) in [5.74, 6) is -1.07. The molecule has 0 aliphatic carbocycles. The van der Waals surface area contributed by atoms with Crippen molar-refractivity contribution < 1.29 is 19.5 Å². The van der Waals surface area contributed by atoms with Crippen molar-refractivity contribution in [1.29, 1.82) is 0 Å². The van der Waals surface area contributed by atoms with Crippen LogP contribution in [-0.2, 0) is 16.0 Å². The number of hydrogen-bond acceptors (Lipinski definition) is 4. The van der Waals surface area contributed by atoms with Crippen LogP contribution in [0.5, 0.6) is 0 Å². The Morgan fingerprint density at radius 3 is 2.31 bits per heavy atom. The van der Waals surface area contributed by atoms with E-state index < -0.39 is 17.9 Å². The topological polar surface area (TPSA) is 95.5 Å². The molecule has 0 aromatic heterocycles. The largest absolute Gasteiger partial charge is 0.480 e. The molecule has 182 valence electrons. The molecule has 3 rings (SSSR count). The van der Waals surface area contributed by atoms with Gasteiger partial charge in [0.05, 0.1) is 6.42 Å². The van der Waals surface area contributed by atoms with E-state index in [1.807, 2.05) is 68.6 Å². The normalized spacial score (nSPS) is 11.5. The van der Waals surface area contributed by atoms with Crippen LogP contribution in [0, 0.1) is 13.8 Å². The van der Waals surface area contributed by atoms with E-state index in [1.54, 1.807) is 18.2 Å². The van der Waals surface area contributed by atoms with Gasteiger partial charge in [-0.25, -0.2) is 4.79 Å². The molecular formula is C28H30N2O4S. The number of carbonyl (C=O) groups is 3. The summed E-state index contributed by atoms with van der Waals surface area (Å²) in [5.41, 5.74) is 5.38. The third-order valence-electron chi connectivity index (χ3n) is 5.68. The minimum Gasteiger partial charge on any atom is -0.480 e. The molecule has 1 atom stereocenters. The van der Waals surface area contributed by atoms with Gasteiger partial charge in [0.1, 0.15) is 6.04 Å². The average Bonchev–Trinajstić information content (AvgIpc) is 2.83. The first-order valence-corrected chi connectivity index (χ1v) is 12.8. The van der Waals surface area contributed by atoms with Gasteiger partial charge in [-0.2, -0.15) is 11.8 Å². The van der Waals surface area contributed by atoms with Crippen molar-refractivity contribution in [2.24, 2.45) is 0 Å². The summed E-state index contributed by atoms with van der Waals surface area (Å²) < 4.78 is 0. The Kier molecular flexibility index (Phi) is 9.09. The maximum atomic E-state index is 13.2. The first-order chi connectivity index (χ1) is 16.8. The van der Waals surface area contributed by atoms with Crippen LogP contribution in [-0.4, -0.2) is 40.9 Å². The Morgan fingerprint density at radius 2 is 1.66 bits per heavy atom. The first kappa shape index (κ1) is 26.0. The molecule has 3 aromatic rings. The van der Waals surface area contributed by atoms with E-state index in [0.717, 1.165) is 22.3 Å². The molecule has 3 N–H and O–H groups in total. The van der Waals surface area contributed by atoms with Crippen LogP contribution < -0.4 is 10.6 Å². The van der Waals surface area contributed by atoms with Gasteiger partial charge in [0.2, 0.25) is 5.91 Å². The van der Waals surface area contributed by atoms with Gasteiger partial charge in [-0.3, -0.25) is 9.59 Å². The molecule has 0 fully saturated rings. The summed E-state index contributed by atoms with van der Waals surface area (Å²) in [6.45, 7) is 3.94. The summed E-state index contributed by atoms with van der Waals surface area (Å²) in [7, 11) is 0. The number of nitrogens with one attached hydrogen (secondary N) is 2. The molecule has 7 heteroatoms. The lowest BCUT2D eigenvalue weighted by molar-refractivity contribution is -0.139. The van der Waals surface area contributed by atoms with Crippen molar-refractivity contribution in [1.82, 2.24) is 5.32 Å². The Bertz CT molecular complexity index is 1210. The zero-order valence-corrected chi connectivity index (χ0v) is 20.9. The molecular weight excluding hydrogens is 460 g/mol. The molecule has 0 spiro atoms. The van der Waals surface area contributed by atoms with Gasteiger partial charge in [0.15, 0.2) is 0 Å². The third-order valence-corrected chi connectivity index (χ3v) is 6.33. The molecule has 0 bridgehead atoms. The van der Waals surface area contributed by atoms with Crippen molar-refractivity contribution in [3.63, 3.8) is 0 Å². The molecule has 2 amide bonds. The zero-order chi connectivity index (χ0) is 25.4. The van der Waals surface area contributed by atoms with Crippen molar-refractivity contribution in [3.05, 3.63) is 89.0 Å². The van der Waals surface area contributed by atoms with Crippen molar-refractivity contribution in [2.75, 3.05) is 17.3 Å². The fourth-order valence-corrected chi connectivity index (χ4v) is 4.21. The summed E-state index contributed by atoms with van der Waals surface area (Å²) in [4.78, 5) is 37.5. The molecule has 0 aliphatic rings. The second kappa shape index (κ2) is 12.2. The van der Waals surface area contributed by atoms with Gasteiger partial charge in [-0.15, -0.1) is 0 Å². The number of carboxylic acid groups (broad SMARTS) is 1. The number of anilines is 1. The van der Waals surface area contributed by atoms with E-state index in [2.05, 4.69) is 10.6 Å². The van der Waals surface area contributed by atoms with Crippen molar-refractivity contribution in [2.45, 2.75) is 32.7 Å². The van der Waals surface area contributed by atoms with Gasteiger partial charge in [0.25, 0.3) is 5.91 Å². The van der Waals surface area contributed by atoms with Crippen LogP contribution in [0.3, 0.4) is 0 Å². The summed E-state index contributed by atoms with van der Waals surface area (Å²) in [6.07, 6.45) is 2.45. The minimum absolute atomic E-state index is 0.162. The second-order valence-electron chi connectivity index (χ2n) is 8.43. The average molecular weight is 491 g/mol. The van der Waals surface area contributed by atoms with Crippen LogP contribution in [0.15, 0.2) is 66.7 Å². The molecule has 1 unspecified atom stereocenters. The van der Waals surface area contributed by atoms with Gasteiger partial charge in [0, 0.05) is 11.3 Å². The minimum atomic E-state index is -1.06. The Balaban J connectivity index is 1.89. The van der Waals surface area contributed by atoms with Gasteiger partial charge >= 0.3 is 5.97 Å². The fourth-order valence-electron chi connectivity index (χ4n) is 3.74. The van der Waals surface area contributed by atoms with Gasteiger partial charge in [-0.05, 0) is 72.7 Å². The van der Waals surface area contributed by atoms with Crippen molar-refractivity contribution >= 4 is 35.2 Å². The number of thioether (sulfide) groups is 1. The number of amides is 2. The number of aryl methyl sites for hydroxylation is 2. The van der Waals surface area contributed by atoms with E-state index in [1.165, 1.54) is 11.8 Å². The van der Waals surface area contributed by atoms with E-state index in [0.29, 0.717) is 29.0 Å². The highest BCUT2D eigenvalue weighted by Gasteiger charge is 2.23. The lowest BCUT2D eigenvalue weighted by Gasteiger charge is -2.18. The number of aliphatic carboxylic acids is 1. The van der Waals surface area contributed by atoms with E-state index in [4.69, 9.17) is 0 Å². The number of hydrogen-bond donors (Lipinski definition) is 3. The highest BCUT2D eigenvalue weighted by molar-refractivity contribution is 7.98. The van der Waals surface area contributed by atoms with Gasteiger partial charge in [-0.1, -0.05) is 54.1 Å². The highest BCUT2D eigenvalue weighted by Crippen LogP contribution is 2.30. The predicted octanol–water partition coefficient (Wildman–Crippen LogP) is 5.09. The Hall–Kier alpha value is -3.58. The maximum Gasteiger partial charge on any atom is 0.326 e. The first-order valence-electron chi connectivity index (χ1n) is 11.4. The molecule has 0 saturated carbocycles. The van der Waals surface area contributed by atoms with E-state index in [9.17, 15) is 19.5 Å². The zero-order valence-electron chi connectivity index (χ0n) is 20.1. The van der Waals surface area contributed by atoms with Gasteiger partial charge < -0.3 is 15.7 Å². The Morgan fingerprint density at radius 1 is 0.943 bits per heavy atom. The fraction of sp³-hybridized carbons (Fsp3) is 0.250. The molecule has 0 heterocycles.